The molecule has 1 fully saturated rings. The maximum atomic E-state index is 11.4. The Bertz CT molecular complexity index is 379. The van der Waals surface area contributed by atoms with Crippen molar-refractivity contribution in [2.75, 3.05) is 14.2 Å². The third kappa shape index (κ3) is 2.99. The minimum Gasteiger partial charge on any atom is -0.497 e. The van der Waals surface area contributed by atoms with Gasteiger partial charge in [0.05, 0.1) is 20.6 Å². The quantitative estimate of drug-likeness (QED) is 0.735. The van der Waals surface area contributed by atoms with E-state index in [-0.39, 0.29) is 5.97 Å². The molecule has 1 unspecified atom stereocenters. The number of hydrogen-bond acceptors (Lipinski definition) is 3. The first-order chi connectivity index (χ1) is 8.24. The summed E-state index contributed by atoms with van der Waals surface area (Å²) in [6, 6.07) is 7.99. The molecule has 0 bridgehead atoms. The predicted octanol–water partition coefficient (Wildman–Crippen LogP) is 2.75. The van der Waals surface area contributed by atoms with Gasteiger partial charge in [-0.05, 0) is 42.4 Å². The van der Waals surface area contributed by atoms with Crippen LogP contribution in [0.5, 0.6) is 5.75 Å². The lowest BCUT2D eigenvalue weighted by Crippen LogP contribution is -2.10. The Kier molecular flexibility index (Phi) is 3.67. The van der Waals surface area contributed by atoms with Crippen LogP contribution in [0.1, 0.15) is 30.7 Å². The molecule has 0 heterocycles. The molecule has 3 nitrogen and oxygen atoms in total. The zero-order chi connectivity index (χ0) is 12.3. The number of carbonyl (C=O) groups excluding carboxylic acids is 1. The van der Waals surface area contributed by atoms with Crippen LogP contribution in [0, 0.1) is 5.92 Å². The van der Waals surface area contributed by atoms with Gasteiger partial charge in [0.2, 0.25) is 0 Å². The van der Waals surface area contributed by atoms with Crippen molar-refractivity contribution >= 4 is 5.97 Å². The molecule has 3 heteroatoms. The maximum absolute atomic E-state index is 11.4. The molecule has 0 aromatic heterocycles. The molecule has 0 amide bonds. The normalized spacial score (nSPS) is 16.4. The molecule has 1 aliphatic rings. The molecule has 0 spiro atoms. The van der Waals surface area contributed by atoms with Gasteiger partial charge in [-0.1, -0.05) is 12.1 Å². The van der Waals surface area contributed by atoms with Crippen LogP contribution in [0.25, 0.3) is 0 Å². The van der Waals surface area contributed by atoms with E-state index in [0.717, 1.165) is 5.75 Å². The van der Waals surface area contributed by atoms with Gasteiger partial charge in [-0.25, -0.2) is 0 Å². The largest absolute Gasteiger partial charge is 0.497 e. The number of esters is 1. The summed E-state index contributed by atoms with van der Waals surface area (Å²) in [5.41, 5.74) is 1.21. The minimum atomic E-state index is -0.127. The predicted molar refractivity (Wildman–Crippen MR) is 65.1 cm³/mol. The summed E-state index contributed by atoms with van der Waals surface area (Å²) in [7, 11) is 3.10. The minimum absolute atomic E-state index is 0.127. The summed E-state index contributed by atoms with van der Waals surface area (Å²) in [6.07, 6.45) is 2.91. The van der Waals surface area contributed by atoms with E-state index < -0.39 is 0 Å². The van der Waals surface area contributed by atoms with Crippen molar-refractivity contribution in [3.05, 3.63) is 29.8 Å². The highest BCUT2D eigenvalue weighted by molar-refractivity contribution is 5.70. The average Bonchev–Trinajstić information content (AvgIpc) is 3.20. The molecule has 2 rings (SSSR count). The first kappa shape index (κ1) is 12.0. The smallest absolute Gasteiger partial charge is 0.306 e. The molecule has 0 saturated heterocycles. The number of hydrogen-bond donors (Lipinski definition) is 0. The Hall–Kier alpha value is -1.51. The summed E-state index contributed by atoms with van der Waals surface area (Å²) in [4.78, 5) is 11.4. The fraction of sp³-hybridized carbons (Fsp3) is 0.500. The summed E-state index contributed by atoms with van der Waals surface area (Å²) in [5.74, 6) is 1.66. The average molecular weight is 234 g/mol. The lowest BCUT2D eigenvalue weighted by Gasteiger charge is -2.15. The Balaban J connectivity index is 2.11. The van der Waals surface area contributed by atoms with Crippen LogP contribution >= 0.6 is 0 Å². The van der Waals surface area contributed by atoms with Crippen LogP contribution < -0.4 is 4.74 Å². The Morgan fingerprint density at radius 2 is 1.94 bits per heavy atom. The van der Waals surface area contributed by atoms with Gasteiger partial charge in [0.25, 0.3) is 0 Å². The van der Waals surface area contributed by atoms with Gasteiger partial charge in [0, 0.05) is 0 Å². The van der Waals surface area contributed by atoms with E-state index in [1.807, 2.05) is 24.3 Å². The second kappa shape index (κ2) is 5.21. The molecule has 1 aromatic rings. The van der Waals surface area contributed by atoms with Gasteiger partial charge in [-0.15, -0.1) is 0 Å². The summed E-state index contributed by atoms with van der Waals surface area (Å²) < 4.78 is 9.90. The highest BCUT2D eigenvalue weighted by Gasteiger charge is 2.33. The van der Waals surface area contributed by atoms with Crippen molar-refractivity contribution in [1.29, 1.82) is 0 Å². The highest BCUT2D eigenvalue weighted by atomic mass is 16.5. The van der Waals surface area contributed by atoms with E-state index in [1.54, 1.807) is 7.11 Å². The van der Waals surface area contributed by atoms with Crippen LogP contribution in [0.4, 0.5) is 0 Å². The lowest BCUT2D eigenvalue weighted by atomic mass is 9.91. The van der Waals surface area contributed by atoms with Crippen LogP contribution in [-0.2, 0) is 9.53 Å². The van der Waals surface area contributed by atoms with Gasteiger partial charge >= 0.3 is 5.97 Å². The van der Waals surface area contributed by atoms with E-state index in [4.69, 9.17) is 9.47 Å². The van der Waals surface area contributed by atoms with E-state index >= 15 is 0 Å². The molecule has 1 aromatic carbocycles. The number of benzene rings is 1. The molecule has 1 atom stereocenters. The highest BCUT2D eigenvalue weighted by Crippen LogP contribution is 2.44. The zero-order valence-corrected chi connectivity index (χ0v) is 10.3. The van der Waals surface area contributed by atoms with Crippen molar-refractivity contribution in [2.24, 2.45) is 5.92 Å². The van der Waals surface area contributed by atoms with Crippen molar-refractivity contribution in [2.45, 2.75) is 25.2 Å². The first-order valence-electron chi connectivity index (χ1n) is 5.95. The van der Waals surface area contributed by atoms with E-state index in [0.29, 0.717) is 18.3 Å². The molecular weight excluding hydrogens is 216 g/mol. The molecule has 0 N–H and O–H groups in total. The molecule has 0 radical (unpaired) electrons. The second-order valence-electron chi connectivity index (χ2n) is 4.50. The molecule has 1 aliphatic carbocycles. The number of methoxy groups -OCH3 is 2. The van der Waals surface area contributed by atoms with Crippen LogP contribution in [0.3, 0.4) is 0 Å². The van der Waals surface area contributed by atoms with E-state index in [2.05, 4.69) is 0 Å². The zero-order valence-electron chi connectivity index (χ0n) is 10.3. The first-order valence-corrected chi connectivity index (χ1v) is 5.95. The SMILES string of the molecule is COC(=O)CC(c1ccc(OC)cc1)C1CC1. The van der Waals surface area contributed by atoms with Gasteiger partial charge in [0.1, 0.15) is 5.75 Å². The Morgan fingerprint density at radius 1 is 1.29 bits per heavy atom. The van der Waals surface area contributed by atoms with Crippen molar-refractivity contribution in [3.8, 4) is 5.75 Å². The molecule has 0 aliphatic heterocycles. The van der Waals surface area contributed by atoms with Gasteiger partial charge in [-0.2, -0.15) is 0 Å². The van der Waals surface area contributed by atoms with Gasteiger partial charge in [0.15, 0.2) is 0 Å². The fourth-order valence-corrected chi connectivity index (χ4v) is 2.17. The third-order valence-corrected chi connectivity index (χ3v) is 3.35. The number of rotatable bonds is 5. The summed E-state index contributed by atoms with van der Waals surface area (Å²) in [5, 5.41) is 0. The van der Waals surface area contributed by atoms with E-state index in [9.17, 15) is 4.79 Å². The molecule has 17 heavy (non-hydrogen) atoms. The van der Waals surface area contributed by atoms with Crippen molar-refractivity contribution in [3.63, 3.8) is 0 Å². The second-order valence-corrected chi connectivity index (χ2v) is 4.50. The van der Waals surface area contributed by atoms with Crippen LogP contribution in [-0.4, -0.2) is 20.2 Å². The standard InChI is InChI=1S/C14H18O3/c1-16-12-7-5-11(6-8-12)13(10-3-4-10)9-14(15)17-2/h5-8,10,13H,3-4,9H2,1-2H3. The lowest BCUT2D eigenvalue weighted by molar-refractivity contribution is -0.141. The topological polar surface area (TPSA) is 35.5 Å². The Morgan fingerprint density at radius 3 is 2.41 bits per heavy atom. The summed E-state index contributed by atoms with van der Waals surface area (Å²) >= 11 is 0. The number of carbonyl (C=O) groups is 1. The molecule has 1 saturated carbocycles. The maximum Gasteiger partial charge on any atom is 0.306 e. The monoisotopic (exact) mass is 234 g/mol. The van der Waals surface area contributed by atoms with Crippen LogP contribution in [0.15, 0.2) is 24.3 Å². The molecular formula is C14H18O3. The Labute approximate surface area is 102 Å². The van der Waals surface area contributed by atoms with E-state index in [1.165, 1.54) is 25.5 Å². The number of ether oxygens (including phenoxy) is 2. The van der Waals surface area contributed by atoms with Gasteiger partial charge in [-0.3, -0.25) is 4.79 Å². The fourth-order valence-electron chi connectivity index (χ4n) is 2.17. The van der Waals surface area contributed by atoms with Crippen LogP contribution in [0.2, 0.25) is 0 Å². The van der Waals surface area contributed by atoms with Gasteiger partial charge < -0.3 is 9.47 Å². The molecule has 92 valence electrons. The summed E-state index contributed by atoms with van der Waals surface area (Å²) in [6.45, 7) is 0. The third-order valence-electron chi connectivity index (χ3n) is 3.35. The van der Waals surface area contributed by atoms with Crippen molar-refractivity contribution < 1.29 is 14.3 Å². The van der Waals surface area contributed by atoms with Crippen molar-refractivity contribution in [1.82, 2.24) is 0 Å².